The highest BCUT2D eigenvalue weighted by atomic mass is 16.4. The summed E-state index contributed by atoms with van der Waals surface area (Å²) >= 11 is 0. The van der Waals surface area contributed by atoms with Crippen molar-refractivity contribution in [1.29, 1.82) is 0 Å². The number of hydrogen-bond donors (Lipinski definition) is 1. The van der Waals surface area contributed by atoms with Crippen molar-refractivity contribution in [2.75, 3.05) is 0 Å². The first-order valence-corrected chi connectivity index (χ1v) is 7.33. The van der Waals surface area contributed by atoms with Crippen molar-refractivity contribution >= 4 is 11.8 Å². The fourth-order valence-corrected chi connectivity index (χ4v) is 3.06. The van der Waals surface area contributed by atoms with Crippen LogP contribution in [0.1, 0.15) is 71.6 Å². The molecule has 1 fully saturated rings. The molecule has 0 heterocycles. The molecular formula is C15H26O3. The zero-order valence-electron chi connectivity index (χ0n) is 11.7. The van der Waals surface area contributed by atoms with Crippen LogP contribution in [-0.2, 0) is 9.59 Å². The molecule has 18 heavy (non-hydrogen) atoms. The molecule has 2 unspecified atom stereocenters. The highest BCUT2D eigenvalue weighted by Crippen LogP contribution is 2.41. The fourth-order valence-electron chi connectivity index (χ4n) is 3.06. The van der Waals surface area contributed by atoms with Crippen molar-refractivity contribution in [2.45, 2.75) is 71.6 Å². The van der Waals surface area contributed by atoms with E-state index >= 15 is 0 Å². The lowest BCUT2D eigenvalue weighted by Crippen LogP contribution is -2.43. The maximum absolute atomic E-state index is 12.1. The van der Waals surface area contributed by atoms with E-state index in [9.17, 15) is 14.7 Å². The minimum Gasteiger partial charge on any atom is -0.480 e. The lowest BCUT2D eigenvalue weighted by molar-refractivity contribution is -0.158. The third kappa shape index (κ3) is 3.33. The van der Waals surface area contributed by atoms with E-state index in [0.717, 1.165) is 38.5 Å². The number of unbranched alkanes of at least 4 members (excludes halogenated alkanes) is 1. The van der Waals surface area contributed by atoms with Crippen LogP contribution < -0.4 is 0 Å². The topological polar surface area (TPSA) is 54.4 Å². The summed E-state index contributed by atoms with van der Waals surface area (Å²) in [4.78, 5) is 23.7. The minimum atomic E-state index is -1.06. The summed E-state index contributed by atoms with van der Waals surface area (Å²) in [5.74, 6) is -0.540. The van der Waals surface area contributed by atoms with Crippen molar-refractivity contribution in [3.05, 3.63) is 0 Å². The van der Waals surface area contributed by atoms with Gasteiger partial charge in [-0.3, -0.25) is 9.59 Å². The smallest absolute Gasteiger partial charge is 0.317 e. The van der Waals surface area contributed by atoms with Crippen molar-refractivity contribution in [2.24, 2.45) is 11.3 Å². The first-order chi connectivity index (χ1) is 8.56. The summed E-state index contributed by atoms with van der Waals surface area (Å²) in [6, 6.07) is 0. The average molecular weight is 254 g/mol. The lowest BCUT2D eigenvalue weighted by Gasteiger charge is -2.34. The van der Waals surface area contributed by atoms with Gasteiger partial charge in [0, 0.05) is 6.42 Å². The van der Waals surface area contributed by atoms with Crippen LogP contribution in [0.2, 0.25) is 0 Å². The van der Waals surface area contributed by atoms with Gasteiger partial charge in [0.2, 0.25) is 0 Å². The predicted octanol–water partition coefficient (Wildman–Crippen LogP) is 3.81. The van der Waals surface area contributed by atoms with Gasteiger partial charge in [-0.25, -0.2) is 0 Å². The summed E-state index contributed by atoms with van der Waals surface area (Å²) in [6.45, 7) is 4.24. The predicted molar refractivity (Wildman–Crippen MR) is 71.5 cm³/mol. The molecule has 0 aromatic heterocycles. The summed E-state index contributed by atoms with van der Waals surface area (Å²) in [6.07, 6.45) is 7.57. The van der Waals surface area contributed by atoms with E-state index < -0.39 is 11.4 Å². The third-order valence-electron chi connectivity index (χ3n) is 4.38. The highest BCUT2D eigenvalue weighted by molar-refractivity contribution is 6.03. The molecule has 0 aromatic carbocycles. The van der Waals surface area contributed by atoms with E-state index in [-0.39, 0.29) is 5.78 Å². The van der Waals surface area contributed by atoms with Crippen molar-refractivity contribution < 1.29 is 14.7 Å². The molecule has 0 saturated heterocycles. The Bertz CT molecular complexity index is 298. The van der Waals surface area contributed by atoms with Gasteiger partial charge in [0.05, 0.1) is 0 Å². The van der Waals surface area contributed by atoms with Crippen molar-refractivity contribution in [1.82, 2.24) is 0 Å². The number of carbonyl (C=O) groups excluding carboxylic acids is 1. The summed E-state index contributed by atoms with van der Waals surface area (Å²) in [5, 5.41) is 9.51. The van der Waals surface area contributed by atoms with Gasteiger partial charge in [0.25, 0.3) is 0 Å². The van der Waals surface area contributed by atoms with Crippen LogP contribution >= 0.6 is 0 Å². The molecule has 104 valence electrons. The van der Waals surface area contributed by atoms with Gasteiger partial charge in [-0.2, -0.15) is 0 Å². The molecule has 0 aromatic rings. The molecule has 1 saturated carbocycles. The van der Waals surface area contributed by atoms with Gasteiger partial charge in [-0.1, -0.05) is 46.0 Å². The lowest BCUT2D eigenvalue weighted by atomic mass is 9.67. The standard InChI is InChI=1S/C15H26O3/c1-3-5-8-12(4-2)11-15(14(17)18)10-7-6-9-13(15)16/h12H,3-11H2,1-2H3,(H,17,18). The third-order valence-corrected chi connectivity index (χ3v) is 4.38. The normalized spacial score (nSPS) is 26.0. The number of aliphatic carboxylic acids is 1. The Morgan fingerprint density at radius 2 is 2.11 bits per heavy atom. The van der Waals surface area contributed by atoms with Gasteiger partial charge in [0.15, 0.2) is 0 Å². The average Bonchev–Trinajstić information content (AvgIpc) is 2.36. The summed E-state index contributed by atoms with van der Waals surface area (Å²) in [7, 11) is 0. The zero-order valence-corrected chi connectivity index (χ0v) is 11.7. The number of hydrogen-bond acceptors (Lipinski definition) is 2. The zero-order chi connectivity index (χ0) is 13.6. The number of carboxylic acids is 1. The second-order valence-electron chi connectivity index (χ2n) is 5.64. The van der Waals surface area contributed by atoms with Crippen LogP contribution in [0.25, 0.3) is 0 Å². The molecule has 0 spiro atoms. The summed E-state index contributed by atoms with van der Waals surface area (Å²) < 4.78 is 0. The molecule has 3 heteroatoms. The Morgan fingerprint density at radius 1 is 1.39 bits per heavy atom. The molecule has 0 aliphatic heterocycles. The van der Waals surface area contributed by atoms with Gasteiger partial charge in [-0.05, 0) is 25.2 Å². The Labute approximate surface area is 110 Å². The Morgan fingerprint density at radius 3 is 2.61 bits per heavy atom. The highest BCUT2D eigenvalue weighted by Gasteiger charge is 2.47. The number of carboxylic acid groups (broad SMARTS) is 1. The second kappa shape index (κ2) is 6.91. The van der Waals surface area contributed by atoms with Crippen LogP contribution in [0.5, 0.6) is 0 Å². The van der Waals surface area contributed by atoms with Crippen molar-refractivity contribution in [3.8, 4) is 0 Å². The van der Waals surface area contributed by atoms with Gasteiger partial charge in [0.1, 0.15) is 11.2 Å². The SMILES string of the molecule is CCCCC(CC)CC1(C(=O)O)CCCCC1=O. The van der Waals surface area contributed by atoms with Crippen molar-refractivity contribution in [3.63, 3.8) is 0 Å². The molecular weight excluding hydrogens is 228 g/mol. The van der Waals surface area contributed by atoms with E-state index in [1.165, 1.54) is 0 Å². The van der Waals surface area contributed by atoms with Crippen LogP contribution in [0, 0.1) is 11.3 Å². The summed E-state index contributed by atoms with van der Waals surface area (Å²) in [5.41, 5.74) is -1.06. The Hall–Kier alpha value is -0.860. The molecule has 0 bridgehead atoms. The minimum absolute atomic E-state index is 0.0313. The van der Waals surface area contributed by atoms with E-state index in [4.69, 9.17) is 0 Å². The fraction of sp³-hybridized carbons (Fsp3) is 0.867. The van der Waals surface area contributed by atoms with Crippen LogP contribution in [-0.4, -0.2) is 16.9 Å². The Balaban J connectivity index is 2.77. The number of ketones is 1. The molecule has 0 amide bonds. The van der Waals surface area contributed by atoms with E-state index in [2.05, 4.69) is 13.8 Å². The van der Waals surface area contributed by atoms with Gasteiger partial charge < -0.3 is 5.11 Å². The maximum Gasteiger partial charge on any atom is 0.317 e. The van der Waals surface area contributed by atoms with Crippen LogP contribution in [0.3, 0.4) is 0 Å². The molecule has 3 nitrogen and oxygen atoms in total. The van der Waals surface area contributed by atoms with Gasteiger partial charge in [-0.15, -0.1) is 0 Å². The number of rotatable bonds is 7. The van der Waals surface area contributed by atoms with E-state index in [1.54, 1.807) is 0 Å². The Kier molecular flexibility index (Phi) is 5.83. The quantitative estimate of drug-likeness (QED) is 0.703. The molecule has 1 aliphatic rings. The molecule has 0 radical (unpaired) electrons. The molecule has 1 N–H and O–H groups in total. The van der Waals surface area contributed by atoms with E-state index in [1.807, 2.05) is 0 Å². The first-order valence-electron chi connectivity index (χ1n) is 7.33. The molecule has 2 atom stereocenters. The first kappa shape index (κ1) is 15.2. The molecule has 1 aliphatic carbocycles. The maximum atomic E-state index is 12.1. The van der Waals surface area contributed by atoms with E-state index in [0.29, 0.717) is 25.2 Å². The number of carbonyl (C=O) groups is 2. The monoisotopic (exact) mass is 254 g/mol. The number of Topliss-reactive ketones (excluding diaryl/α,β-unsaturated/α-hetero) is 1. The van der Waals surface area contributed by atoms with Crippen LogP contribution in [0.15, 0.2) is 0 Å². The second-order valence-corrected chi connectivity index (χ2v) is 5.64. The van der Waals surface area contributed by atoms with Gasteiger partial charge >= 0.3 is 5.97 Å². The van der Waals surface area contributed by atoms with Crippen LogP contribution in [0.4, 0.5) is 0 Å². The largest absolute Gasteiger partial charge is 0.480 e. The molecule has 1 rings (SSSR count).